The molecular weight excluding hydrogens is 329 g/mol. The summed E-state index contributed by atoms with van der Waals surface area (Å²) in [7, 11) is 0. The third kappa shape index (κ3) is 4.39. The van der Waals surface area contributed by atoms with Gasteiger partial charge >= 0.3 is 0 Å². The largest absolute Gasteiger partial charge is 0.369 e. The lowest BCUT2D eigenvalue weighted by molar-refractivity contribution is 0.0962. The van der Waals surface area contributed by atoms with Gasteiger partial charge in [0.15, 0.2) is 17.4 Å². The smallest absolute Gasteiger partial charge is 0.164 e. The fourth-order valence-electron chi connectivity index (χ4n) is 2.96. The Morgan fingerprint density at radius 2 is 1.56 bits per heavy atom. The van der Waals surface area contributed by atoms with Crippen molar-refractivity contribution in [2.24, 2.45) is 0 Å². The van der Waals surface area contributed by atoms with Crippen molar-refractivity contribution in [3.05, 3.63) is 65.5 Å². The van der Waals surface area contributed by atoms with E-state index in [1.165, 1.54) is 18.2 Å². The first-order chi connectivity index (χ1) is 12.0. The van der Waals surface area contributed by atoms with Crippen LogP contribution in [0.1, 0.15) is 16.8 Å². The second-order valence-corrected chi connectivity index (χ2v) is 6.11. The minimum absolute atomic E-state index is 0.195. The van der Waals surface area contributed by atoms with Crippen LogP contribution in [0.5, 0.6) is 0 Å². The van der Waals surface area contributed by atoms with E-state index in [1.807, 2.05) is 0 Å². The number of ketones is 1. The number of halogens is 3. The zero-order chi connectivity index (χ0) is 17.8. The second-order valence-electron chi connectivity index (χ2n) is 6.11. The van der Waals surface area contributed by atoms with Crippen LogP contribution >= 0.6 is 0 Å². The van der Waals surface area contributed by atoms with E-state index in [-0.39, 0.29) is 23.6 Å². The monoisotopic (exact) mass is 348 g/mol. The van der Waals surface area contributed by atoms with Crippen LogP contribution in [-0.2, 0) is 0 Å². The Labute approximate surface area is 144 Å². The van der Waals surface area contributed by atoms with Crippen LogP contribution in [-0.4, -0.2) is 43.4 Å². The summed E-state index contributed by atoms with van der Waals surface area (Å²) in [6, 6.07) is 9.65. The Morgan fingerprint density at radius 1 is 0.880 bits per heavy atom. The molecule has 0 spiro atoms. The van der Waals surface area contributed by atoms with Gasteiger partial charge in [0.1, 0.15) is 5.82 Å². The number of hydrogen-bond acceptors (Lipinski definition) is 3. The van der Waals surface area contributed by atoms with E-state index in [4.69, 9.17) is 0 Å². The van der Waals surface area contributed by atoms with Crippen molar-refractivity contribution in [2.75, 3.05) is 37.6 Å². The molecule has 0 radical (unpaired) electrons. The van der Waals surface area contributed by atoms with Crippen molar-refractivity contribution in [2.45, 2.75) is 6.42 Å². The molecule has 1 aliphatic heterocycles. The number of carbonyl (C=O) groups is 1. The van der Waals surface area contributed by atoms with Gasteiger partial charge in [-0.25, -0.2) is 13.2 Å². The summed E-state index contributed by atoms with van der Waals surface area (Å²) in [5.41, 5.74) is 1.18. The van der Waals surface area contributed by atoms with Crippen LogP contribution in [0.2, 0.25) is 0 Å². The number of benzene rings is 2. The Morgan fingerprint density at radius 3 is 2.20 bits per heavy atom. The Balaban J connectivity index is 1.48. The summed E-state index contributed by atoms with van der Waals surface area (Å²) in [5, 5.41) is 0. The first kappa shape index (κ1) is 17.5. The van der Waals surface area contributed by atoms with Gasteiger partial charge in [-0.05, 0) is 42.5 Å². The number of piperazine rings is 1. The normalized spacial score (nSPS) is 15.4. The van der Waals surface area contributed by atoms with E-state index >= 15 is 0 Å². The van der Waals surface area contributed by atoms with Crippen LogP contribution in [0.25, 0.3) is 0 Å². The number of anilines is 1. The van der Waals surface area contributed by atoms with Crippen molar-refractivity contribution >= 4 is 11.5 Å². The summed E-state index contributed by atoms with van der Waals surface area (Å²) in [6.45, 7) is 3.76. The molecule has 0 saturated carbocycles. The van der Waals surface area contributed by atoms with Gasteiger partial charge in [-0.2, -0.15) is 0 Å². The van der Waals surface area contributed by atoms with E-state index in [1.54, 1.807) is 12.1 Å². The van der Waals surface area contributed by atoms with E-state index in [0.29, 0.717) is 6.54 Å². The van der Waals surface area contributed by atoms with Crippen LogP contribution in [0, 0.1) is 17.5 Å². The van der Waals surface area contributed by atoms with Gasteiger partial charge in [-0.1, -0.05) is 0 Å². The van der Waals surface area contributed by atoms with E-state index in [9.17, 15) is 18.0 Å². The van der Waals surface area contributed by atoms with Gasteiger partial charge in [0, 0.05) is 50.4 Å². The number of carbonyl (C=O) groups excluding carboxylic acids is 1. The average Bonchev–Trinajstić information content (AvgIpc) is 2.63. The van der Waals surface area contributed by atoms with Gasteiger partial charge in [-0.15, -0.1) is 0 Å². The molecule has 0 atom stereocenters. The molecule has 1 fully saturated rings. The molecular formula is C19H19F3N2O. The van der Waals surface area contributed by atoms with Crippen molar-refractivity contribution in [1.82, 2.24) is 4.90 Å². The van der Waals surface area contributed by atoms with E-state index in [0.717, 1.165) is 44.0 Å². The van der Waals surface area contributed by atoms with Crippen LogP contribution in [0.4, 0.5) is 18.9 Å². The molecule has 1 saturated heterocycles. The molecule has 2 aromatic carbocycles. The number of Topliss-reactive ketones (excluding diaryl/α,β-unsaturated/α-hetero) is 1. The summed E-state index contributed by atoms with van der Waals surface area (Å²) >= 11 is 0. The predicted molar refractivity (Wildman–Crippen MR) is 90.4 cm³/mol. The average molecular weight is 348 g/mol. The molecule has 6 heteroatoms. The summed E-state index contributed by atoms with van der Waals surface area (Å²) in [6.07, 6.45) is 0.265. The first-order valence-corrected chi connectivity index (χ1v) is 8.24. The third-order valence-electron chi connectivity index (χ3n) is 4.46. The maximum Gasteiger partial charge on any atom is 0.164 e. The molecule has 1 heterocycles. The summed E-state index contributed by atoms with van der Waals surface area (Å²) < 4.78 is 39.1. The van der Waals surface area contributed by atoms with E-state index < -0.39 is 11.6 Å². The highest BCUT2D eigenvalue weighted by molar-refractivity contribution is 5.96. The fraction of sp³-hybridized carbons (Fsp3) is 0.316. The highest BCUT2D eigenvalue weighted by atomic mass is 19.2. The zero-order valence-electron chi connectivity index (χ0n) is 13.7. The van der Waals surface area contributed by atoms with Crippen molar-refractivity contribution in [1.29, 1.82) is 0 Å². The molecule has 1 aliphatic rings. The quantitative estimate of drug-likeness (QED) is 0.773. The SMILES string of the molecule is O=C(CCN1CCN(c2ccc(F)cc2)CC1)c1ccc(F)c(F)c1. The molecule has 0 unspecified atom stereocenters. The molecule has 0 amide bonds. The van der Waals surface area contributed by atoms with E-state index in [2.05, 4.69) is 9.80 Å². The van der Waals surface area contributed by atoms with Gasteiger partial charge in [0.25, 0.3) is 0 Å². The van der Waals surface area contributed by atoms with Gasteiger partial charge in [-0.3, -0.25) is 9.69 Å². The molecule has 25 heavy (non-hydrogen) atoms. The molecule has 0 aromatic heterocycles. The topological polar surface area (TPSA) is 23.6 Å². The van der Waals surface area contributed by atoms with Crippen molar-refractivity contribution in [3.8, 4) is 0 Å². The van der Waals surface area contributed by atoms with Crippen molar-refractivity contribution in [3.63, 3.8) is 0 Å². The third-order valence-corrected chi connectivity index (χ3v) is 4.46. The standard InChI is InChI=1S/C19H19F3N2O/c20-15-2-4-16(5-3-15)24-11-9-23(10-12-24)8-7-19(25)14-1-6-17(21)18(22)13-14/h1-6,13H,7-12H2. The molecule has 3 nitrogen and oxygen atoms in total. The van der Waals surface area contributed by atoms with Crippen LogP contribution < -0.4 is 4.90 Å². The lowest BCUT2D eigenvalue weighted by Gasteiger charge is -2.36. The van der Waals surface area contributed by atoms with Crippen molar-refractivity contribution < 1.29 is 18.0 Å². The molecule has 0 aliphatic carbocycles. The Hall–Kier alpha value is -2.34. The number of rotatable bonds is 5. The number of hydrogen-bond donors (Lipinski definition) is 0. The second kappa shape index (κ2) is 7.70. The molecule has 132 valence electrons. The zero-order valence-corrected chi connectivity index (χ0v) is 13.7. The van der Waals surface area contributed by atoms with Gasteiger partial charge in [0.2, 0.25) is 0 Å². The highest BCUT2D eigenvalue weighted by Gasteiger charge is 2.18. The molecule has 0 N–H and O–H groups in total. The Kier molecular flexibility index (Phi) is 5.38. The maximum atomic E-state index is 13.2. The molecule has 3 rings (SSSR count). The van der Waals surface area contributed by atoms with Crippen LogP contribution in [0.3, 0.4) is 0 Å². The summed E-state index contributed by atoms with van der Waals surface area (Å²) in [4.78, 5) is 16.4. The predicted octanol–water partition coefficient (Wildman–Crippen LogP) is 3.50. The minimum atomic E-state index is -1.00. The lowest BCUT2D eigenvalue weighted by Crippen LogP contribution is -2.46. The minimum Gasteiger partial charge on any atom is -0.369 e. The van der Waals surface area contributed by atoms with Crippen LogP contribution in [0.15, 0.2) is 42.5 Å². The molecule has 0 bridgehead atoms. The van der Waals surface area contributed by atoms with Gasteiger partial charge in [0.05, 0.1) is 0 Å². The number of nitrogens with zero attached hydrogens (tertiary/aromatic N) is 2. The fourth-order valence-corrected chi connectivity index (χ4v) is 2.96. The first-order valence-electron chi connectivity index (χ1n) is 8.24. The molecule has 2 aromatic rings. The lowest BCUT2D eigenvalue weighted by atomic mass is 10.1. The Bertz CT molecular complexity index is 741. The maximum absolute atomic E-state index is 13.2. The highest BCUT2D eigenvalue weighted by Crippen LogP contribution is 2.17. The van der Waals surface area contributed by atoms with Gasteiger partial charge < -0.3 is 4.90 Å². The summed E-state index contributed by atoms with van der Waals surface area (Å²) in [5.74, 6) is -2.40.